The van der Waals surface area contributed by atoms with Gasteiger partial charge in [-0.3, -0.25) is 4.90 Å². The van der Waals surface area contributed by atoms with Crippen LogP contribution in [0.2, 0.25) is 0 Å². The molecule has 1 aliphatic heterocycles. The quantitative estimate of drug-likeness (QED) is 0.484. The van der Waals surface area contributed by atoms with Crippen molar-refractivity contribution in [1.82, 2.24) is 4.90 Å². The molecule has 2 aromatic rings. The summed E-state index contributed by atoms with van der Waals surface area (Å²) >= 11 is 0. The lowest BCUT2D eigenvalue weighted by atomic mass is 9.90. The Morgan fingerprint density at radius 3 is 2.84 bits per heavy atom. The first-order valence-electron chi connectivity index (χ1n) is 11.9. The van der Waals surface area contributed by atoms with Crippen molar-refractivity contribution in [2.75, 3.05) is 38.7 Å². The maximum absolute atomic E-state index is 6.20. The summed E-state index contributed by atoms with van der Waals surface area (Å²) in [4.78, 5) is 6.94. The number of fused-ring (bicyclic) bond motifs is 1. The van der Waals surface area contributed by atoms with Gasteiger partial charge in [-0.2, -0.15) is 0 Å². The number of nitrogens with one attached hydrogen (secondary N) is 1. The summed E-state index contributed by atoms with van der Waals surface area (Å²) in [6, 6.07) is 15.1. The van der Waals surface area contributed by atoms with Crippen LogP contribution in [0.1, 0.15) is 42.4 Å². The molecular formula is C26H36N4O2. The fourth-order valence-corrected chi connectivity index (χ4v) is 4.60. The SMILES string of the molecule is CN(CCOc1cccc(CN=C(N)Nc2cccc3c2CCCC3)c1)C1CCOCC1. The van der Waals surface area contributed by atoms with Gasteiger partial charge in [-0.15, -0.1) is 0 Å². The number of guanidine groups is 1. The number of hydrogen-bond acceptors (Lipinski definition) is 4. The van der Waals surface area contributed by atoms with Crippen molar-refractivity contribution in [3.8, 4) is 5.75 Å². The maximum Gasteiger partial charge on any atom is 0.193 e. The number of benzene rings is 2. The van der Waals surface area contributed by atoms with Crippen molar-refractivity contribution in [2.45, 2.75) is 51.1 Å². The topological polar surface area (TPSA) is 72.1 Å². The predicted octanol–water partition coefficient (Wildman–Crippen LogP) is 3.98. The van der Waals surface area contributed by atoms with E-state index in [2.05, 4.69) is 52.6 Å². The second kappa shape index (κ2) is 11.3. The second-order valence-corrected chi connectivity index (χ2v) is 8.80. The summed E-state index contributed by atoms with van der Waals surface area (Å²) in [5, 5.41) is 3.31. The molecule has 32 heavy (non-hydrogen) atoms. The first-order chi connectivity index (χ1) is 15.7. The van der Waals surface area contributed by atoms with Crippen LogP contribution in [0.3, 0.4) is 0 Å². The Hall–Kier alpha value is -2.57. The van der Waals surface area contributed by atoms with E-state index in [0.717, 1.165) is 62.4 Å². The average molecular weight is 437 g/mol. The first kappa shape index (κ1) is 22.6. The van der Waals surface area contributed by atoms with E-state index in [4.69, 9.17) is 15.2 Å². The number of nitrogens with two attached hydrogens (primary N) is 1. The summed E-state index contributed by atoms with van der Waals surface area (Å²) in [5.41, 5.74) is 11.2. The summed E-state index contributed by atoms with van der Waals surface area (Å²) in [5.74, 6) is 1.33. The number of anilines is 1. The molecular weight excluding hydrogens is 400 g/mol. The number of ether oxygens (including phenoxy) is 2. The largest absolute Gasteiger partial charge is 0.492 e. The Labute approximate surface area is 191 Å². The number of aryl methyl sites for hydroxylation is 1. The van der Waals surface area contributed by atoms with Gasteiger partial charge in [0.05, 0.1) is 6.54 Å². The van der Waals surface area contributed by atoms with Gasteiger partial charge in [0.2, 0.25) is 0 Å². The first-order valence-corrected chi connectivity index (χ1v) is 11.9. The van der Waals surface area contributed by atoms with Crippen molar-refractivity contribution in [2.24, 2.45) is 10.7 Å². The van der Waals surface area contributed by atoms with Crippen LogP contribution >= 0.6 is 0 Å². The highest BCUT2D eigenvalue weighted by atomic mass is 16.5. The Bertz CT molecular complexity index is 908. The zero-order valence-corrected chi connectivity index (χ0v) is 19.2. The molecule has 1 fully saturated rings. The normalized spacial score (nSPS) is 17.2. The fraction of sp³-hybridized carbons (Fsp3) is 0.500. The molecule has 1 heterocycles. The van der Waals surface area contributed by atoms with E-state index in [9.17, 15) is 0 Å². The van der Waals surface area contributed by atoms with Gasteiger partial charge in [0.25, 0.3) is 0 Å². The van der Waals surface area contributed by atoms with Crippen molar-refractivity contribution in [3.63, 3.8) is 0 Å². The summed E-state index contributed by atoms with van der Waals surface area (Å²) < 4.78 is 11.5. The van der Waals surface area contributed by atoms with Crippen molar-refractivity contribution >= 4 is 11.6 Å². The van der Waals surface area contributed by atoms with Crippen LogP contribution in [0.5, 0.6) is 5.75 Å². The zero-order valence-electron chi connectivity index (χ0n) is 19.2. The third-order valence-electron chi connectivity index (χ3n) is 6.52. The lowest BCUT2D eigenvalue weighted by Gasteiger charge is -2.31. The van der Waals surface area contributed by atoms with E-state index in [-0.39, 0.29) is 0 Å². The van der Waals surface area contributed by atoms with E-state index in [0.29, 0.717) is 25.2 Å². The van der Waals surface area contributed by atoms with Crippen LogP contribution < -0.4 is 15.8 Å². The predicted molar refractivity (Wildman–Crippen MR) is 130 cm³/mol. The molecule has 0 atom stereocenters. The zero-order chi connectivity index (χ0) is 22.2. The molecule has 0 spiro atoms. The van der Waals surface area contributed by atoms with Crippen molar-refractivity contribution in [1.29, 1.82) is 0 Å². The molecule has 0 saturated carbocycles. The van der Waals surface area contributed by atoms with Gasteiger partial charge in [-0.1, -0.05) is 24.3 Å². The van der Waals surface area contributed by atoms with Gasteiger partial charge in [0.1, 0.15) is 12.4 Å². The van der Waals surface area contributed by atoms with E-state index in [1.54, 1.807) is 0 Å². The van der Waals surface area contributed by atoms with Crippen LogP contribution in [0.25, 0.3) is 0 Å². The lowest BCUT2D eigenvalue weighted by molar-refractivity contribution is 0.0392. The second-order valence-electron chi connectivity index (χ2n) is 8.80. The molecule has 6 heteroatoms. The van der Waals surface area contributed by atoms with Crippen LogP contribution in [-0.4, -0.2) is 50.3 Å². The third-order valence-corrected chi connectivity index (χ3v) is 6.52. The smallest absolute Gasteiger partial charge is 0.193 e. The number of nitrogens with zero attached hydrogens (tertiary/aromatic N) is 2. The lowest BCUT2D eigenvalue weighted by Crippen LogP contribution is -2.38. The summed E-state index contributed by atoms with van der Waals surface area (Å²) in [6.45, 7) is 3.83. The molecule has 3 N–H and O–H groups in total. The number of hydrogen-bond donors (Lipinski definition) is 2. The molecule has 4 rings (SSSR count). The van der Waals surface area contributed by atoms with E-state index < -0.39 is 0 Å². The minimum absolute atomic E-state index is 0.452. The Kier molecular flexibility index (Phi) is 8.02. The van der Waals surface area contributed by atoms with Gasteiger partial charge >= 0.3 is 0 Å². The van der Waals surface area contributed by atoms with E-state index in [1.165, 1.54) is 24.0 Å². The van der Waals surface area contributed by atoms with Gasteiger partial charge in [0, 0.05) is 31.5 Å². The summed E-state index contributed by atoms with van der Waals surface area (Å²) in [7, 11) is 2.17. The maximum atomic E-state index is 6.20. The van der Waals surface area contributed by atoms with Crippen molar-refractivity contribution in [3.05, 3.63) is 59.2 Å². The molecule has 0 radical (unpaired) electrons. The monoisotopic (exact) mass is 436 g/mol. The van der Waals surface area contributed by atoms with E-state index in [1.807, 2.05) is 12.1 Å². The molecule has 0 bridgehead atoms. The number of rotatable bonds is 8. The van der Waals surface area contributed by atoms with Crippen molar-refractivity contribution < 1.29 is 9.47 Å². The van der Waals surface area contributed by atoms with Crippen LogP contribution in [-0.2, 0) is 24.1 Å². The minimum atomic E-state index is 0.452. The van der Waals surface area contributed by atoms with Crippen LogP contribution in [0, 0.1) is 0 Å². The summed E-state index contributed by atoms with van der Waals surface area (Å²) in [6.07, 6.45) is 6.97. The van der Waals surface area contributed by atoms with Gasteiger partial charge in [-0.25, -0.2) is 4.99 Å². The Balaban J connectivity index is 1.27. The molecule has 6 nitrogen and oxygen atoms in total. The molecule has 1 aliphatic carbocycles. The van der Waals surface area contributed by atoms with Crippen LogP contribution in [0.15, 0.2) is 47.5 Å². The van der Waals surface area contributed by atoms with Crippen LogP contribution in [0.4, 0.5) is 5.69 Å². The average Bonchev–Trinajstić information content (AvgIpc) is 2.84. The molecule has 172 valence electrons. The molecule has 0 amide bonds. The highest BCUT2D eigenvalue weighted by Gasteiger charge is 2.18. The fourth-order valence-electron chi connectivity index (χ4n) is 4.60. The number of likely N-dealkylation sites (N-methyl/N-ethyl adjacent to an activating group) is 1. The molecule has 0 aromatic heterocycles. The van der Waals surface area contributed by atoms with Gasteiger partial charge in [-0.05, 0) is 80.5 Å². The Morgan fingerprint density at radius 2 is 1.97 bits per heavy atom. The molecule has 2 aromatic carbocycles. The van der Waals surface area contributed by atoms with E-state index >= 15 is 0 Å². The number of aliphatic imine (C=N–C) groups is 1. The highest BCUT2D eigenvalue weighted by Crippen LogP contribution is 2.27. The minimum Gasteiger partial charge on any atom is -0.492 e. The van der Waals surface area contributed by atoms with Gasteiger partial charge in [0.15, 0.2) is 5.96 Å². The molecule has 2 aliphatic rings. The molecule has 0 unspecified atom stereocenters. The Morgan fingerprint density at radius 1 is 1.16 bits per heavy atom. The standard InChI is InChI=1S/C26H36N4O2/c1-30(22-12-15-31-16-13-22)14-17-32-23-9-4-6-20(18-23)19-28-26(27)29-25-11-5-8-21-7-2-3-10-24(21)25/h4-6,8-9,11,18,22H,2-3,7,10,12-17,19H2,1H3,(H3,27,28,29). The van der Waals surface area contributed by atoms with Gasteiger partial charge < -0.3 is 20.5 Å². The third kappa shape index (κ3) is 6.24. The molecule has 1 saturated heterocycles. The highest BCUT2D eigenvalue weighted by molar-refractivity contribution is 5.93.